The van der Waals surface area contributed by atoms with Crippen molar-refractivity contribution < 1.29 is 14.3 Å². The summed E-state index contributed by atoms with van der Waals surface area (Å²) in [5.41, 5.74) is 1.40. The zero-order valence-corrected chi connectivity index (χ0v) is 17.5. The molecule has 6 nitrogen and oxygen atoms in total. The molecule has 0 aliphatic carbocycles. The lowest BCUT2D eigenvalue weighted by Gasteiger charge is -2.27. The molecule has 1 N–H and O–H groups in total. The molecule has 0 radical (unpaired) electrons. The second kappa shape index (κ2) is 10.1. The van der Waals surface area contributed by atoms with Gasteiger partial charge in [-0.05, 0) is 35.6 Å². The Balaban J connectivity index is 2.31. The minimum Gasteiger partial charge on any atom is -0.496 e. The van der Waals surface area contributed by atoms with E-state index >= 15 is 0 Å². The molecule has 0 unspecified atom stereocenters. The van der Waals surface area contributed by atoms with Crippen LogP contribution in [0.3, 0.4) is 0 Å². The Labute approximate surface area is 167 Å². The molecule has 0 fully saturated rings. The second-order valence-corrected chi connectivity index (χ2v) is 7.50. The third kappa shape index (κ3) is 5.44. The van der Waals surface area contributed by atoms with E-state index in [0.717, 1.165) is 12.0 Å². The smallest absolute Gasteiger partial charge is 0.264 e. The van der Waals surface area contributed by atoms with Crippen molar-refractivity contribution in [2.24, 2.45) is 0 Å². The van der Waals surface area contributed by atoms with Crippen LogP contribution in [0.25, 0.3) is 0 Å². The molecule has 0 aliphatic heterocycles. The van der Waals surface area contributed by atoms with E-state index in [2.05, 4.69) is 36.1 Å². The van der Waals surface area contributed by atoms with Crippen LogP contribution in [0.4, 0.5) is 5.82 Å². The van der Waals surface area contributed by atoms with Gasteiger partial charge in [0.2, 0.25) is 0 Å². The van der Waals surface area contributed by atoms with Gasteiger partial charge >= 0.3 is 0 Å². The Kier molecular flexibility index (Phi) is 7.79. The predicted octanol–water partition coefficient (Wildman–Crippen LogP) is 4.99. The van der Waals surface area contributed by atoms with Gasteiger partial charge < -0.3 is 14.8 Å². The zero-order chi connectivity index (χ0) is 20.6. The number of aromatic nitrogens is 2. The van der Waals surface area contributed by atoms with E-state index in [9.17, 15) is 4.79 Å². The van der Waals surface area contributed by atoms with Gasteiger partial charge in [0.25, 0.3) is 5.91 Å². The second-order valence-electron chi connectivity index (χ2n) is 7.50. The number of rotatable bonds is 10. The average molecular weight is 386 g/mol. The van der Waals surface area contributed by atoms with Crippen molar-refractivity contribution in [3.63, 3.8) is 0 Å². The van der Waals surface area contributed by atoms with E-state index in [-0.39, 0.29) is 11.3 Å². The first-order valence-electron chi connectivity index (χ1n) is 9.76. The van der Waals surface area contributed by atoms with Crippen LogP contribution in [0.1, 0.15) is 68.8 Å². The number of nitrogens with one attached hydrogen (secondary N) is 1. The molecule has 1 heterocycles. The fourth-order valence-corrected chi connectivity index (χ4v) is 3.21. The lowest BCUT2D eigenvalue weighted by Crippen LogP contribution is -2.20. The number of benzene rings is 1. The molecular formula is C22H31N3O3. The standard InChI is InChI=1S/C22H31N3O3/c1-6-7-8-9-11-22(2,3)16-13-17(27-4)20(18(14-16)28-5)21(26)25-19-10-12-23-15-24-19/h10,12-15H,6-9,11H2,1-5H3,(H,23,24,25,26). The molecule has 0 saturated heterocycles. The fraction of sp³-hybridized carbons (Fsp3) is 0.500. The Morgan fingerprint density at radius 1 is 1.11 bits per heavy atom. The molecule has 152 valence electrons. The van der Waals surface area contributed by atoms with Gasteiger partial charge in [-0.3, -0.25) is 4.79 Å². The van der Waals surface area contributed by atoms with Gasteiger partial charge in [-0.1, -0.05) is 46.5 Å². The minimum absolute atomic E-state index is 0.0457. The van der Waals surface area contributed by atoms with Crippen LogP contribution in [0.2, 0.25) is 0 Å². The summed E-state index contributed by atoms with van der Waals surface area (Å²) in [5, 5.41) is 2.76. The number of anilines is 1. The molecule has 2 rings (SSSR count). The van der Waals surface area contributed by atoms with E-state index < -0.39 is 0 Å². The number of nitrogens with zero attached hydrogens (tertiary/aromatic N) is 2. The van der Waals surface area contributed by atoms with Gasteiger partial charge in [-0.2, -0.15) is 0 Å². The number of amides is 1. The highest BCUT2D eigenvalue weighted by atomic mass is 16.5. The lowest BCUT2D eigenvalue weighted by atomic mass is 9.79. The van der Waals surface area contributed by atoms with Crippen molar-refractivity contribution >= 4 is 11.7 Å². The Bertz CT molecular complexity index is 751. The van der Waals surface area contributed by atoms with E-state index in [1.165, 1.54) is 32.0 Å². The highest BCUT2D eigenvalue weighted by Gasteiger charge is 2.26. The number of carbonyl (C=O) groups excluding carboxylic acids is 1. The molecule has 1 aromatic carbocycles. The Hall–Kier alpha value is -2.63. The molecule has 0 aliphatic rings. The highest BCUT2D eigenvalue weighted by Crippen LogP contribution is 2.38. The molecule has 0 spiro atoms. The molecule has 0 atom stereocenters. The first-order chi connectivity index (χ1) is 13.4. The molecule has 0 saturated carbocycles. The number of hydrogen-bond donors (Lipinski definition) is 1. The molecule has 28 heavy (non-hydrogen) atoms. The molecular weight excluding hydrogens is 354 g/mol. The Morgan fingerprint density at radius 2 is 1.79 bits per heavy atom. The van der Waals surface area contributed by atoms with Gasteiger partial charge in [-0.15, -0.1) is 0 Å². The van der Waals surface area contributed by atoms with E-state index in [0.29, 0.717) is 22.9 Å². The summed E-state index contributed by atoms with van der Waals surface area (Å²) >= 11 is 0. The average Bonchev–Trinajstić information content (AvgIpc) is 2.70. The first-order valence-corrected chi connectivity index (χ1v) is 9.76. The molecule has 0 bridgehead atoms. The molecule has 6 heteroatoms. The zero-order valence-electron chi connectivity index (χ0n) is 17.5. The maximum atomic E-state index is 12.8. The summed E-state index contributed by atoms with van der Waals surface area (Å²) in [6, 6.07) is 5.51. The Morgan fingerprint density at radius 3 is 2.32 bits per heavy atom. The third-order valence-electron chi connectivity index (χ3n) is 4.99. The number of unbranched alkanes of at least 4 members (excludes halogenated alkanes) is 3. The SMILES string of the molecule is CCCCCCC(C)(C)c1cc(OC)c(C(=O)Nc2ccncn2)c(OC)c1. The van der Waals surface area contributed by atoms with Gasteiger partial charge in [-0.25, -0.2) is 9.97 Å². The van der Waals surface area contributed by atoms with Crippen molar-refractivity contribution in [1.29, 1.82) is 0 Å². The number of carbonyl (C=O) groups is 1. The monoisotopic (exact) mass is 385 g/mol. The summed E-state index contributed by atoms with van der Waals surface area (Å²) < 4.78 is 11.1. The summed E-state index contributed by atoms with van der Waals surface area (Å²) in [6.45, 7) is 6.65. The van der Waals surface area contributed by atoms with Crippen molar-refractivity contribution in [2.45, 2.75) is 58.3 Å². The van der Waals surface area contributed by atoms with Gasteiger partial charge in [0, 0.05) is 6.20 Å². The topological polar surface area (TPSA) is 73.3 Å². The van der Waals surface area contributed by atoms with E-state index in [1.807, 2.05) is 12.1 Å². The van der Waals surface area contributed by atoms with Crippen LogP contribution in [0.5, 0.6) is 11.5 Å². The summed E-state index contributed by atoms with van der Waals surface area (Å²) in [4.78, 5) is 20.7. The number of ether oxygens (including phenoxy) is 2. The number of methoxy groups -OCH3 is 2. The van der Waals surface area contributed by atoms with Crippen molar-refractivity contribution in [3.05, 3.63) is 41.9 Å². The van der Waals surface area contributed by atoms with E-state index in [4.69, 9.17) is 9.47 Å². The normalized spacial score (nSPS) is 11.2. The van der Waals surface area contributed by atoms with Crippen LogP contribution in [0, 0.1) is 0 Å². The van der Waals surface area contributed by atoms with Gasteiger partial charge in [0.05, 0.1) is 14.2 Å². The van der Waals surface area contributed by atoms with Crippen molar-refractivity contribution in [1.82, 2.24) is 9.97 Å². The molecule has 2 aromatic rings. The molecule has 1 aromatic heterocycles. The largest absolute Gasteiger partial charge is 0.496 e. The van der Waals surface area contributed by atoms with Crippen LogP contribution < -0.4 is 14.8 Å². The molecule has 1 amide bonds. The summed E-state index contributed by atoms with van der Waals surface area (Å²) in [5.74, 6) is 1.06. The fourth-order valence-electron chi connectivity index (χ4n) is 3.21. The maximum Gasteiger partial charge on any atom is 0.264 e. The number of hydrogen-bond acceptors (Lipinski definition) is 5. The van der Waals surface area contributed by atoms with Crippen molar-refractivity contribution in [3.8, 4) is 11.5 Å². The van der Waals surface area contributed by atoms with Crippen LogP contribution in [-0.2, 0) is 5.41 Å². The minimum atomic E-state index is -0.334. The lowest BCUT2D eigenvalue weighted by molar-refractivity contribution is 0.102. The third-order valence-corrected chi connectivity index (χ3v) is 4.99. The van der Waals surface area contributed by atoms with Crippen molar-refractivity contribution in [2.75, 3.05) is 19.5 Å². The van der Waals surface area contributed by atoms with E-state index in [1.54, 1.807) is 26.5 Å². The van der Waals surface area contributed by atoms with Crippen LogP contribution in [0.15, 0.2) is 30.7 Å². The first kappa shape index (κ1) is 21.7. The van der Waals surface area contributed by atoms with Gasteiger partial charge in [0.1, 0.15) is 29.2 Å². The van der Waals surface area contributed by atoms with Crippen LogP contribution in [-0.4, -0.2) is 30.1 Å². The maximum absolute atomic E-state index is 12.8. The predicted molar refractivity (Wildman–Crippen MR) is 111 cm³/mol. The summed E-state index contributed by atoms with van der Waals surface area (Å²) in [7, 11) is 3.13. The van der Waals surface area contributed by atoms with Gasteiger partial charge in [0.15, 0.2) is 0 Å². The van der Waals surface area contributed by atoms with Crippen LogP contribution >= 0.6 is 0 Å². The summed E-state index contributed by atoms with van der Waals surface area (Å²) in [6.07, 6.45) is 8.89. The highest BCUT2D eigenvalue weighted by molar-refractivity contribution is 6.08. The quantitative estimate of drug-likeness (QED) is 0.583.